The van der Waals surface area contributed by atoms with Gasteiger partial charge in [-0.25, -0.2) is 0 Å². The van der Waals surface area contributed by atoms with Crippen molar-refractivity contribution < 1.29 is 0 Å². The predicted molar refractivity (Wildman–Crippen MR) is 50.8 cm³/mol. The van der Waals surface area contributed by atoms with Crippen LogP contribution in [0.25, 0.3) is 0 Å². The average Bonchev–Trinajstić information content (AvgIpc) is 2.03. The molecule has 0 N–H and O–H groups in total. The zero-order valence-corrected chi connectivity index (χ0v) is 7.36. The summed E-state index contributed by atoms with van der Waals surface area (Å²) in [5.74, 6) is 6.22. The van der Waals surface area contributed by atoms with Gasteiger partial charge in [0.25, 0.3) is 0 Å². The molecule has 0 fully saturated rings. The fourth-order valence-electron chi connectivity index (χ4n) is 0.832. The molecule has 0 saturated carbocycles. The van der Waals surface area contributed by atoms with Crippen molar-refractivity contribution in [3.63, 3.8) is 0 Å². The van der Waals surface area contributed by atoms with Crippen molar-refractivity contribution in [2.24, 2.45) is 0 Å². The van der Waals surface area contributed by atoms with Gasteiger partial charge in [-0.05, 0) is 12.8 Å². The monoisotopic (exact) mass is 150 g/mol. The van der Waals surface area contributed by atoms with E-state index in [0.29, 0.717) is 0 Å². The summed E-state index contributed by atoms with van der Waals surface area (Å²) in [6.07, 6.45) is 7.77. The van der Waals surface area contributed by atoms with E-state index >= 15 is 0 Å². The van der Waals surface area contributed by atoms with Crippen molar-refractivity contribution >= 4 is 0 Å². The standard InChI is InChI=1S/C11H18/c1-3-5-7-9-11-10-8-6-4-2/h1-7,9,11H2. The highest BCUT2D eigenvalue weighted by Gasteiger charge is 1.83. The second-order valence-corrected chi connectivity index (χ2v) is 2.62. The summed E-state index contributed by atoms with van der Waals surface area (Å²) in [6.45, 7) is 7.51. The Morgan fingerprint density at radius 3 is 2.09 bits per heavy atom. The molecule has 0 amide bonds. The Morgan fingerprint density at radius 2 is 1.45 bits per heavy atom. The molecule has 11 heavy (non-hydrogen) atoms. The quantitative estimate of drug-likeness (QED) is 0.416. The minimum Gasteiger partial charge on any atom is -0.103 e. The van der Waals surface area contributed by atoms with Crippen molar-refractivity contribution in [2.75, 3.05) is 0 Å². The van der Waals surface area contributed by atoms with E-state index in [0.717, 1.165) is 25.7 Å². The maximum atomic E-state index is 3.79. The number of rotatable bonds is 5. The molecule has 0 atom stereocenters. The van der Waals surface area contributed by atoms with E-state index < -0.39 is 0 Å². The highest BCUT2D eigenvalue weighted by atomic mass is 13.9. The van der Waals surface area contributed by atoms with Crippen molar-refractivity contribution in [1.82, 2.24) is 0 Å². The molecule has 0 aliphatic heterocycles. The summed E-state index contributed by atoms with van der Waals surface area (Å²) in [5, 5.41) is 0. The number of hydrogen-bond donors (Lipinski definition) is 0. The first kappa shape index (κ1) is 10.6. The van der Waals surface area contributed by atoms with Gasteiger partial charge in [0.05, 0.1) is 0 Å². The highest BCUT2D eigenvalue weighted by molar-refractivity contribution is 4.98. The summed E-state index contributed by atoms with van der Waals surface area (Å²) in [6, 6.07) is 0. The van der Waals surface area contributed by atoms with Crippen molar-refractivity contribution in [1.29, 1.82) is 0 Å². The fourth-order valence-corrected chi connectivity index (χ4v) is 0.832. The van der Waals surface area contributed by atoms with Crippen molar-refractivity contribution in [2.45, 2.75) is 44.9 Å². The van der Waals surface area contributed by atoms with Crippen LogP contribution in [0.1, 0.15) is 44.9 Å². The fraction of sp³-hybridized carbons (Fsp3) is 0.636. The van der Waals surface area contributed by atoms with Crippen LogP contribution in [0, 0.1) is 25.7 Å². The van der Waals surface area contributed by atoms with Crippen LogP contribution in [0.15, 0.2) is 0 Å². The minimum atomic E-state index is 0.936. The van der Waals surface area contributed by atoms with E-state index in [-0.39, 0.29) is 0 Å². The lowest BCUT2D eigenvalue weighted by atomic mass is 10.1. The van der Waals surface area contributed by atoms with E-state index in [1.807, 2.05) is 0 Å². The largest absolute Gasteiger partial charge is 0.103 e. The van der Waals surface area contributed by atoms with Gasteiger partial charge in [-0.3, -0.25) is 0 Å². The van der Waals surface area contributed by atoms with Crippen molar-refractivity contribution in [3.8, 4) is 11.8 Å². The van der Waals surface area contributed by atoms with Gasteiger partial charge in [0.1, 0.15) is 0 Å². The molecule has 0 rings (SSSR count). The van der Waals surface area contributed by atoms with E-state index in [1.54, 1.807) is 0 Å². The molecule has 0 saturated heterocycles. The third-order valence-electron chi connectivity index (χ3n) is 1.48. The molecular formula is C11H18. The van der Waals surface area contributed by atoms with Gasteiger partial charge in [-0.15, -0.1) is 11.8 Å². The predicted octanol–water partition coefficient (Wildman–Crippen LogP) is 3.39. The maximum Gasteiger partial charge on any atom is 0.00886 e. The number of hydrogen-bond acceptors (Lipinski definition) is 0. The molecule has 0 aliphatic carbocycles. The first-order chi connectivity index (χ1) is 5.41. The second-order valence-electron chi connectivity index (χ2n) is 2.62. The Kier molecular flexibility index (Phi) is 9.18. The topological polar surface area (TPSA) is 0 Å². The van der Waals surface area contributed by atoms with Gasteiger partial charge in [0.2, 0.25) is 0 Å². The zero-order valence-electron chi connectivity index (χ0n) is 7.36. The Hall–Kier alpha value is -0.440. The van der Waals surface area contributed by atoms with Gasteiger partial charge >= 0.3 is 0 Å². The van der Waals surface area contributed by atoms with E-state index in [2.05, 4.69) is 25.7 Å². The van der Waals surface area contributed by atoms with Crippen LogP contribution in [-0.2, 0) is 0 Å². The Morgan fingerprint density at radius 1 is 0.727 bits per heavy atom. The third kappa shape index (κ3) is 9.56. The SMILES string of the molecule is [CH2]CCC#CCCCCC[CH2]. The zero-order chi connectivity index (χ0) is 8.36. The molecule has 0 nitrogen and oxygen atoms in total. The highest BCUT2D eigenvalue weighted by Crippen LogP contribution is 2.00. The third-order valence-corrected chi connectivity index (χ3v) is 1.48. The lowest BCUT2D eigenvalue weighted by Crippen LogP contribution is -1.74. The summed E-state index contributed by atoms with van der Waals surface area (Å²) in [4.78, 5) is 0. The molecule has 0 aliphatic rings. The molecule has 0 aromatic carbocycles. The molecule has 0 bridgehead atoms. The van der Waals surface area contributed by atoms with Gasteiger partial charge < -0.3 is 0 Å². The molecule has 2 radical (unpaired) electrons. The first-order valence-corrected chi connectivity index (χ1v) is 4.46. The van der Waals surface area contributed by atoms with E-state index in [9.17, 15) is 0 Å². The molecule has 0 heteroatoms. The van der Waals surface area contributed by atoms with E-state index in [1.165, 1.54) is 19.3 Å². The van der Waals surface area contributed by atoms with Gasteiger partial charge in [0, 0.05) is 12.8 Å². The van der Waals surface area contributed by atoms with Crippen LogP contribution in [-0.4, -0.2) is 0 Å². The summed E-state index contributed by atoms with van der Waals surface area (Å²) in [5.41, 5.74) is 0. The lowest BCUT2D eigenvalue weighted by Gasteiger charge is -1.91. The molecule has 0 heterocycles. The maximum absolute atomic E-state index is 3.79. The summed E-state index contributed by atoms with van der Waals surface area (Å²) in [7, 11) is 0. The number of unbranched alkanes of at least 4 members (excludes halogenated alkanes) is 5. The second kappa shape index (κ2) is 9.56. The van der Waals surface area contributed by atoms with Gasteiger partial charge in [-0.1, -0.05) is 33.1 Å². The van der Waals surface area contributed by atoms with Gasteiger partial charge in [0.15, 0.2) is 0 Å². The van der Waals surface area contributed by atoms with Crippen LogP contribution < -0.4 is 0 Å². The average molecular weight is 150 g/mol. The summed E-state index contributed by atoms with van der Waals surface area (Å²) >= 11 is 0. The minimum absolute atomic E-state index is 0.936. The first-order valence-electron chi connectivity index (χ1n) is 4.46. The van der Waals surface area contributed by atoms with Crippen LogP contribution in [0.2, 0.25) is 0 Å². The lowest BCUT2D eigenvalue weighted by molar-refractivity contribution is 0.701. The van der Waals surface area contributed by atoms with Crippen LogP contribution in [0.3, 0.4) is 0 Å². The van der Waals surface area contributed by atoms with Crippen LogP contribution in [0.5, 0.6) is 0 Å². The van der Waals surface area contributed by atoms with Crippen molar-refractivity contribution in [3.05, 3.63) is 13.8 Å². The Labute approximate surface area is 71.4 Å². The smallest absolute Gasteiger partial charge is 0.00886 e. The normalized spacial score (nSPS) is 8.91. The molecule has 0 spiro atoms. The van der Waals surface area contributed by atoms with Crippen LogP contribution in [0.4, 0.5) is 0 Å². The Bertz CT molecular complexity index is 114. The molecule has 0 unspecified atom stereocenters. The van der Waals surface area contributed by atoms with Gasteiger partial charge in [-0.2, -0.15) is 0 Å². The molecule has 0 aromatic rings. The van der Waals surface area contributed by atoms with E-state index in [4.69, 9.17) is 0 Å². The Balaban J connectivity index is 2.96. The molecular weight excluding hydrogens is 132 g/mol. The van der Waals surface area contributed by atoms with Crippen LogP contribution >= 0.6 is 0 Å². The molecule has 0 aromatic heterocycles. The summed E-state index contributed by atoms with van der Waals surface area (Å²) < 4.78 is 0. The molecule has 62 valence electrons.